The zero-order valence-corrected chi connectivity index (χ0v) is 12.7. The van der Waals surface area contributed by atoms with E-state index in [-0.39, 0.29) is 5.95 Å². The van der Waals surface area contributed by atoms with Crippen LogP contribution in [0.1, 0.15) is 11.1 Å². The first-order valence-corrected chi connectivity index (χ1v) is 7.30. The van der Waals surface area contributed by atoms with Gasteiger partial charge in [-0.1, -0.05) is 73.8 Å². The summed E-state index contributed by atoms with van der Waals surface area (Å²) >= 11 is 0. The second-order valence-corrected chi connectivity index (χ2v) is 5.15. The van der Waals surface area contributed by atoms with Crippen LogP contribution in [0.2, 0.25) is 0 Å². The molecule has 0 fully saturated rings. The van der Waals surface area contributed by atoms with E-state index in [1.54, 1.807) is 0 Å². The van der Waals surface area contributed by atoms with Crippen LogP contribution in [0.5, 0.6) is 0 Å². The van der Waals surface area contributed by atoms with Crippen molar-refractivity contribution >= 4 is 18.1 Å². The molecule has 0 spiro atoms. The fraction of sp³-hybridized carbons (Fsp3) is 0. The van der Waals surface area contributed by atoms with Crippen molar-refractivity contribution < 1.29 is 0 Å². The van der Waals surface area contributed by atoms with Crippen molar-refractivity contribution in [1.29, 1.82) is 0 Å². The Balaban J connectivity index is 2.03. The molecule has 3 nitrogen and oxygen atoms in total. The summed E-state index contributed by atoms with van der Waals surface area (Å²) in [6.07, 6.45) is 3.62. The molecular formula is C20H17N3. The monoisotopic (exact) mass is 299 g/mol. The third-order valence-electron chi connectivity index (χ3n) is 3.63. The van der Waals surface area contributed by atoms with Crippen LogP contribution >= 0.6 is 0 Å². The van der Waals surface area contributed by atoms with Crippen molar-refractivity contribution in [3.63, 3.8) is 0 Å². The maximum atomic E-state index is 5.89. The van der Waals surface area contributed by atoms with Gasteiger partial charge in [0.1, 0.15) is 0 Å². The molecule has 3 aromatic rings. The topological polar surface area (TPSA) is 51.8 Å². The minimum atomic E-state index is 0.262. The molecule has 0 bridgehead atoms. The van der Waals surface area contributed by atoms with Gasteiger partial charge in [-0.25, -0.2) is 9.97 Å². The van der Waals surface area contributed by atoms with E-state index in [1.165, 1.54) is 0 Å². The average molecular weight is 299 g/mol. The van der Waals surface area contributed by atoms with Gasteiger partial charge in [-0.15, -0.1) is 0 Å². The first kappa shape index (κ1) is 14.7. The molecule has 0 radical (unpaired) electrons. The van der Waals surface area contributed by atoms with Gasteiger partial charge < -0.3 is 5.73 Å². The van der Waals surface area contributed by atoms with Gasteiger partial charge in [-0.2, -0.15) is 0 Å². The third kappa shape index (κ3) is 3.19. The van der Waals surface area contributed by atoms with Crippen molar-refractivity contribution in [2.45, 2.75) is 0 Å². The summed E-state index contributed by atoms with van der Waals surface area (Å²) in [7, 11) is 0. The zero-order valence-electron chi connectivity index (χ0n) is 12.7. The SMILES string of the molecule is C=Cc1ccc(-c2cc(-c3ccc(C=C)cc3)nc(N)n2)cc1. The molecular weight excluding hydrogens is 282 g/mol. The summed E-state index contributed by atoms with van der Waals surface area (Å²) in [5, 5.41) is 0. The summed E-state index contributed by atoms with van der Waals surface area (Å²) in [5.41, 5.74) is 11.6. The van der Waals surface area contributed by atoms with Crippen molar-refractivity contribution in [2.24, 2.45) is 0 Å². The molecule has 2 N–H and O–H groups in total. The molecule has 3 rings (SSSR count). The van der Waals surface area contributed by atoms with Gasteiger partial charge in [0.15, 0.2) is 0 Å². The van der Waals surface area contributed by atoms with Crippen LogP contribution < -0.4 is 5.73 Å². The molecule has 23 heavy (non-hydrogen) atoms. The molecule has 0 unspecified atom stereocenters. The number of rotatable bonds is 4. The highest BCUT2D eigenvalue weighted by Gasteiger charge is 2.07. The van der Waals surface area contributed by atoms with Crippen molar-refractivity contribution in [3.05, 3.63) is 78.9 Å². The number of benzene rings is 2. The molecule has 2 aromatic carbocycles. The number of aromatic nitrogens is 2. The van der Waals surface area contributed by atoms with E-state index in [1.807, 2.05) is 66.7 Å². The Kier molecular flexibility index (Phi) is 4.02. The van der Waals surface area contributed by atoms with Crippen LogP contribution in [0.3, 0.4) is 0 Å². The van der Waals surface area contributed by atoms with E-state index in [0.29, 0.717) is 0 Å². The molecule has 0 amide bonds. The van der Waals surface area contributed by atoms with E-state index in [2.05, 4.69) is 23.1 Å². The molecule has 112 valence electrons. The van der Waals surface area contributed by atoms with Gasteiger partial charge >= 0.3 is 0 Å². The normalized spacial score (nSPS) is 10.3. The number of nitrogens with zero attached hydrogens (tertiary/aromatic N) is 2. The third-order valence-corrected chi connectivity index (χ3v) is 3.63. The highest BCUT2D eigenvalue weighted by Crippen LogP contribution is 2.25. The Morgan fingerprint density at radius 2 is 1.09 bits per heavy atom. The minimum absolute atomic E-state index is 0.262. The maximum Gasteiger partial charge on any atom is 0.221 e. The van der Waals surface area contributed by atoms with Gasteiger partial charge in [0, 0.05) is 11.1 Å². The summed E-state index contributed by atoms with van der Waals surface area (Å²) < 4.78 is 0. The quantitative estimate of drug-likeness (QED) is 0.761. The lowest BCUT2D eigenvalue weighted by Gasteiger charge is -2.07. The molecule has 0 atom stereocenters. The predicted octanol–water partition coefficient (Wildman–Crippen LogP) is 4.68. The lowest BCUT2D eigenvalue weighted by Crippen LogP contribution is -1.98. The number of nitrogen functional groups attached to an aromatic ring is 1. The average Bonchev–Trinajstić information content (AvgIpc) is 2.61. The van der Waals surface area contributed by atoms with E-state index >= 15 is 0 Å². The van der Waals surface area contributed by atoms with Gasteiger partial charge in [0.05, 0.1) is 11.4 Å². The van der Waals surface area contributed by atoms with Crippen LogP contribution in [0.15, 0.2) is 67.8 Å². The molecule has 1 heterocycles. The van der Waals surface area contributed by atoms with Gasteiger partial charge in [-0.05, 0) is 17.2 Å². The summed E-state index contributed by atoms with van der Waals surface area (Å²) in [5.74, 6) is 0.262. The molecule has 0 aliphatic heterocycles. The highest BCUT2D eigenvalue weighted by atomic mass is 15.0. The maximum absolute atomic E-state index is 5.89. The van der Waals surface area contributed by atoms with E-state index in [0.717, 1.165) is 33.6 Å². The van der Waals surface area contributed by atoms with Crippen LogP contribution in [0.4, 0.5) is 5.95 Å². The Morgan fingerprint density at radius 3 is 1.43 bits per heavy atom. The minimum Gasteiger partial charge on any atom is -0.368 e. The lowest BCUT2D eigenvalue weighted by molar-refractivity contribution is 1.19. The number of hydrogen-bond donors (Lipinski definition) is 1. The second-order valence-electron chi connectivity index (χ2n) is 5.15. The smallest absolute Gasteiger partial charge is 0.221 e. The number of nitrogens with two attached hydrogens (primary N) is 1. The summed E-state index contributed by atoms with van der Waals surface area (Å²) in [6, 6.07) is 18.0. The fourth-order valence-corrected chi connectivity index (χ4v) is 2.34. The van der Waals surface area contributed by atoms with Crippen LogP contribution in [0, 0.1) is 0 Å². The Morgan fingerprint density at radius 1 is 0.696 bits per heavy atom. The Hall–Kier alpha value is -3.20. The van der Waals surface area contributed by atoms with Crippen molar-refractivity contribution in [1.82, 2.24) is 9.97 Å². The summed E-state index contributed by atoms with van der Waals surface area (Å²) in [4.78, 5) is 8.69. The Labute approximate surface area is 135 Å². The van der Waals surface area contributed by atoms with Crippen LogP contribution in [-0.4, -0.2) is 9.97 Å². The van der Waals surface area contributed by atoms with E-state index in [4.69, 9.17) is 5.73 Å². The zero-order chi connectivity index (χ0) is 16.2. The number of anilines is 1. The van der Waals surface area contributed by atoms with E-state index in [9.17, 15) is 0 Å². The van der Waals surface area contributed by atoms with Crippen molar-refractivity contribution in [3.8, 4) is 22.5 Å². The molecule has 0 aliphatic carbocycles. The molecule has 1 aromatic heterocycles. The van der Waals surface area contributed by atoms with E-state index < -0.39 is 0 Å². The molecule has 0 saturated heterocycles. The molecule has 0 aliphatic rings. The van der Waals surface area contributed by atoms with Gasteiger partial charge in [0.2, 0.25) is 5.95 Å². The molecule has 0 saturated carbocycles. The first-order chi connectivity index (χ1) is 11.2. The van der Waals surface area contributed by atoms with Crippen LogP contribution in [0.25, 0.3) is 34.7 Å². The van der Waals surface area contributed by atoms with Crippen molar-refractivity contribution in [2.75, 3.05) is 5.73 Å². The van der Waals surface area contributed by atoms with Gasteiger partial charge in [0.25, 0.3) is 0 Å². The van der Waals surface area contributed by atoms with Crippen LogP contribution in [-0.2, 0) is 0 Å². The highest BCUT2D eigenvalue weighted by molar-refractivity contribution is 5.70. The Bertz CT molecular complexity index is 777. The largest absolute Gasteiger partial charge is 0.368 e. The molecule has 3 heteroatoms. The number of hydrogen-bond acceptors (Lipinski definition) is 3. The lowest BCUT2D eigenvalue weighted by atomic mass is 10.0. The fourth-order valence-electron chi connectivity index (χ4n) is 2.34. The first-order valence-electron chi connectivity index (χ1n) is 7.30. The van der Waals surface area contributed by atoms with Gasteiger partial charge in [-0.3, -0.25) is 0 Å². The standard InChI is InChI=1S/C20H17N3/c1-3-14-5-9-16(10-6-14)18-13-19(23-20(21)22-18)17-11-7-15(4-2)8-12-17/h3-13H,1-2H2,(H2,21,22,23). The predicted molar refractivity (Wildman–Crippen MR) is 97.5 cm³/mol. The summed E-state index contributed by atoms with van der Waals surface area (Å²) in [6.45, 7) is 7.53. The second kappa shape index (κ2) is 6.28.